The second-order valence-electron chi connectivity index (χ2n) is 6.42. The molecule has 2 heterocycles. The number of hydrogen-bond donors (Lipinski definition) is 2. The molecule has 2 rings (SSSR count). The number of pyridine rings is 1. The fourth-order valence-corrected chi connectivity index (χ4v) is 2.75. The maximum absolute atomic E-state index is 12.4. The van der Waals surface area contributed by atoms with Gasteiger partial charge in [-0.25, -0.2) is 4.98 Å². The molecule has 23 heavy (non-hydrogen) atoms. The Morgan fingerprint density at radius 1 is 1.39 bits per heavy atom. The standard InChI is InChI=1S/C17H26N4O2/c1-11-6-4-8-15(19-11)20-16(22)14-7-5-9-21(10-14)17(23)12(2)13(3)18/h4,6,8,12-14H,5,7,9-10,18H2,1-3H3,(H,19,20,22). The minimum Gasteiger partial charge on any atom is -0.342 e. The van der Waals surface area contributed by atoms with Gasteiger partial charge in [0, 0.05) is 24.8 Å². The zero-order valence-electron chi connectivity index (χ0n) is 14.1. The number of nitrogens with one attached hydrogen (secondary N) is 1. The molecule has 1 saturated heterocycles. The van der Waals surface area contributed by atoms with Crippen molar-refractivity contribution in [3.63, 3.8) is 0 Å². The molecule has 0 spiro atoms. The Balaban J connectivity index is 1.97. The number of carbonyl (C=O) groups is 2. The Bertz CT molecular complexity index is 573. The first-order chi connectivity index (χ1) is 10.9. The number of piperidine rings is 1. The molecule has 1 fully saturated rings. The van der Waals surface area contributed by atoms with Gasteiger partial charge in [-0.3, -0.25) is 9.59 Å². The smallest absolute Gasteiger partial charge is 0.230 e. The molecule has 126 valence electrons. The molecule has 3 unspecified atom stereocenters. The number of nitrogens with zero attached hydrogens (tertiary/aromatic N) is 2. The number of amides is 2. The highest BCUT2D eigenvalue weighted by Crippen LogP contribution is 2.20. The summed E-state index contributed by atoms with van der Waals surface area (Å²) in [4.78, 5) is 30.9. The monoisotopic (exact) mass is 318 g/mol. The Hall–Kier alpha value is -1.95. The van der Waals surface area contributed by atoms with Crippen molar-refractivity contribution >= 4 is 17.6 Å². The molecule has 0 saturated carbocycles. The van der Waals surface area contributed by atoms with E-state index < -0.39 is 0 Å². The summed E-state index contributed by atoms with van der Waals surface area (Å²) in [5, 5.41) is 2.85. The highest BCUT2D eigenvalue weighted by molar-refractivity contribution is 5.92. The van der Waals surface area contributed by atoms with Crippen LogP contribution in [0, 0.1) is 18.8 Å². The average Bonchev–Trinajstić information content (AvgIpc) is 2.53. The minimum absolute atomic E-state index is 0.0335. The molecule has 1 aliphatic rings. The summed E-state index contributed by atoms with van der Waals surface area (Å²) in [7, 11) is 0. The van der Waals surface area contributed by atoms with Crippen molar-refractivity contribution in [1.29, 1.82) is 0 Å². The highest BCUT2D eigenvalue weighted by atomic mass is 16.2. The molecule has 6 heteroatoms. The Morgan fingerprint density at radius 3 is 2.78 bits per heavy atom. The van der Waals surface area contributed by atoms with Crippen molar-refractivity contribution in [1.82, 2.24) is 9.88 Å². The van der Waals surface area contributed by atoms with E-state index in [-0.39, 0.29) is 29.7 Å². The van der Waals surface area contributed by atoms with E-state index in [1.807, 2.05) is 32.9 Å². The molecule has 6 nitrogen and oxygen atoms in total. The van der Waals surface area contributed by atoms with Crippen molar-refractivity contribution in [3.8, 4) is 0 Å². The molecule has 2 amide bonds. The Kier molecular flexibility index (Phi) is 5.71. The quantitative estimate of drug-likeness (QED) is 0.881. The van der Waals surface area contributed by atoms with Crippen molar-refractivity contribution < 1.29 is 9.59 Å². The Morgan fingerprint density at radius 2 is 2.13 bits per heavy atom. The average molecular weight is 318 g/mol. The molecule has 0 aromatic carbocycles. The summed E-state index contributed by atoms with van der Waals surface area (Å²) in [5.74, 6) is 0.0909. The number of aromatic nitrogens is 1. The molecule has 0 radical (unpaired) electrons. The third-order valence-electron chi connectivity index (χ3n) is 4.42. The lowest BCUT2D eigenvalue weighted by molar-refractivity contribution is -0.138. The van der Waals surface area contributed by atoms with Crippen LogP contribution in [-0.2, 0) is 9.59 Å². The molecule has 1 aromatic rings. The summed E-state index contributed by atoms with van der Waals surface area (Å²) >= 11 is 0. The lowest BCUT2D eigenvalue weighted by Gasteiger charge is -2.34. The second kappa shape index (κ2) is 7.55. The normalized spacial score (nSPS) is 20.7. The number of aryl methyl sites for hydroxylation is 1. The Labute approximate surface area is 137 Å². The first kappa shape index (κ1) is 17.4. The van der Waals surface area contributed by atoms with Crippen molar-refractivity contribution in [2.75, 3.05) is 18.4 Å². The lowest BCUT2D eigenvalue weighted by Crippen LogP contribution is -2.48. The van der Waals surface area contributed by atoms with Crippen LogP contribution < -0.4 is 11.1 Å². The van der Waals surface area contributed by atoms with Gasteiger partial charge in [0.05, 0.1) is 11.8 Å². The van der Waals surface area contributed by atoms with Crippen LogP contribution in [0.25, 0.3) is 0 Å². The van der Waals surface area contributed by atoms with Crippen LogP contribution in [0.1, 0.15) is 32.4 Å². The number of nitrogens with two attached hydrogens (primary N) is 1. The van der Waals surface area contributed by atoms with E-state index >= 15 is 0 Å². The van der Waals surface area contributed by atoms with Crippen LogP contribution in [0.15, 0.2) is 18.2 Å². The first-order valence-electron chi connectivity index (χ1n) is 8.17. The van der Waals surface area contributed by atoms with Crippen LogP contribution in [0.2, 0.25) is 0 Å². The van der Waals surface area contributed by atoms with Gasteiger partial charge in [0.25, 0.3) is 0 Å². The summed E-state index contributed by atoms with van der Waals surface area (Å²) in [6.07, 6.45) is 1.62. The predicted molar refractivity (Wildman–Crippen MR) is 89.7 cm³/mol. The third kappa shape index (κ3) is 4.51. The van der Waals surface area contributed by atoms with E-state index in [0.29, 0.717) is 18.9 Å². The fourth-order valence-electron chi connectivity index (χ4n) is 2.75. The van der Waals surface area contributed by atoms with Crippen LogP contribution in [0.4, 0.5) is 5.82 Å². The fraction of sp³-hybridized carbons (Fsp3) is 0.588. The van der Waals surface area contributed by atoms with Crippen LogP contribution in [-0.4, -0.2) is 40.8 Å². The van der Waals surface area contributed by atoms with E-state index in [4.69, 9.17) is 5.73 Å². The molecule has 3 N–H and O–H groups in total. The van der Waals surface area contributed by atoms with Crippen molar-refractivity contribution in [2.45, 2.75) is 39.7 Å². The molecule has 0 aliphatic carbocycles. The predicted octanol–water partition coefficient (Wildman–Crippen LogP) is 1.55. The number of rotatable bonds is 4. The first-order valence-corrected chi connectivity index (χ1v) is 8.17. The molecule has 0 bridgehead atoms. The molecule has 1 aliphatic heterocycles. The van der Waals surface area contributed by atoms with Crippen LogP contribution >= 0.6 is 0 Å². The van der Waals surface area contributed by atoms with Gasteiger partial charge < -0.3 is 16.0 Å². The zero-order chi connectivity index (χ0) is 17.0. The van der Waals surface area contributed by atoms with E-state index in [0.717, 1.165) is 18.5 Å². The topological polar surface area (TPSA) is 88.3 Å². The van der Waals surface area contributed by atoms with Gasteiger partial charge >= 0.3 is 0 Å². The number of hydrogen-bond acceptors (Lipinski definition) is 4. The molecule has 1 aromatic heterocycles. The number of anilines is 1. The van der Waals surface area contributed by atoms with Crippen LogP contribution in [0.3, 0.4) is 0 Å². The van der Waals surface area contributed by atoms with Gasteiger partial charge in [-0.2, -0.15) is 0 Å². The number of carbonyl (C=O) groups excluding carboxylic acids is 2. The van der Waals surface area contributed by atoms with Crippen molar-refractivity contribution in [3.05, 3.63) is 23.9 Å². The largest absolute Gasteiger partial charge is 0.342 e. The van der Waals surface area contributed by atoms with E-state index in [1.165, 1.54) is 0 Å². The zero-order valence-corrected chi connectivity index (χ0v) is 14.1. The molecular formula is C17H26N4O2. The summed E-state index contributed by atoms with van der Waals surface area (Å²) in [6.45, 7) is 6.70. The SMILES string of the molecule is Cc1cccc(NC(=O)C2CCCN(C(=O)C(C)C(C)N)C2)n1. The summed E-state index contributed by atoms with van der Waals surface area (Å²) in [6, 6.07) is 5.33. The van der Waals surface area contributed by atoms with Gasteiger partial charge in [0.2, 0.25) is 11.8 Å². The van der Waals surface area contributed by atoms with E-state index in [2.05, 4.69) is 10.3 Å². The van der Waals surface area contributed by atoms with Gasteiger partial charge in [-0.05, 0) is 38.8 Å². The van der Waals surface area contributed by atoms with Crippen LogP contribution in [0.5, 0.6) is 0 Å². The van der Waals surface area contributed by atoms with Gasteiger partial charge in [-0.15, -0.1) is 0 Å². The molecular weight excluding hydrogens is 292 g/mol. The number of likely N-dealkylation sites (tertiary alicyclic amines) is 1. The van der Waals surface area contributed by atoms with Crippen molar-refractivity contribution in [2.24, 2.45) is 17.6 Å². The van der Waals surface area contributed by atoms with E-state index in [9.17, 15) is 9.59 Å². The van der Waals surface area contributed by atoms with Gasteiger partial charge in [0.15, 0.2) is 0 Å². The van der Waals surface area contributed by atoms with Gasteiger partial charge in [0.1, 0.15) is 5.82 Å². The maximum atomic E-state index is 12.4. The highest BCUT2D eigenvalue weighted by Gasteiger charge is 2.31. The lowest BCUT2D eigenvalue weighted by atomic mass is 9.94. The second-order valence-corrected chi connectivity index (χ2v) is 6.42. The third-order valence-corrected chi connectivity index (χ3v) is 4.42. The van der Waals surface area contributed by atoms with E-state index in [1.54, 1.807) is 11.0 Å². The minimum atomic E-state index is -0.227. The van der Waals surface area contributed by atoms with Gasteiger partial charge in [-0.1, -0.05) is 13.0 Å². The summed E-state index contributed by atoms with van der Waals surface area (Å²) in [5.41, 5.74) is 6.67. The summed E-state index contributed by atoms with van der Waals surface area (Å²) < 4.78 is 0. The maximum Gasteiger partial charge on any atom is 0.230 e. The molecule has 3 atom stereocenters.